The first kappa shape index (κ1) is 16.7. The predicted octanol–water partition coefficient (Wildman–Crippen LogP) is 3.80. The largest absolute Gasteiger partial charge is 0.465 e. The summed E-state index contributed by atoms with van der Waals surface area (Å²) in [4.78, 5) is 12.0. The Bertz CT molecular complexity index is 897. The maximum absolute atomic E-state index is 13.4. The van der Waals surface area contributed by atoms with Crippen molar-refractivity contribution in [3.8, 4) is 5.69 Å². The van der Waals surface area contributed by atoms with E-state index in [4.69, 9.17) is 4.42 Å². The molecule has 1 aromatic carbocycles. The number of rotatable bonds is 5. The van der Waals surface area contributed by atoms with E-state index < -0.39 is 0 Å². The predicted molar refractivity (Wildman–Crippen MR) is 92.6 cm³/mol. The van der Waals surface area contributed by atoms with Crippen molar-refractivity contribution in [1.82, 2.24) is 15.1 Å². The molecule has 0 aliphatic rings. The van der Waals surface area contributed by atoms with Crippen molar-refractivity contribution in [2.45, 2.75) is 19.9 Å². The highest BCUT2D eigenvalue weighted by molar-refractivity contribution is 5.91. The summed E-state index contributed by atoms with van der Waals surface area (Å²) in [5.41, 5.74) is 2.34. The standard InChI is InChI=1S/C19H18FN3O2/c1-13(22-19(24)9-8-17-7-4-10-25-17)18-12-21-23(14(18)2)16-6-3-5-15(20)11-16/h3-13H,1-2H3,(H,22,24)/b9-8+. The molecule has 3 aromatic rings. The van der Waals surface area contributed by atoms with Gasteiger partial charge in [0.25, 0.3) is 0 Å². The lowest BCUT2D eigenvalue weighted by Gasteiger charge is -2.13. The Morgan fingerprint density at radius 1 is 1.36 bits per heavy atom. The van der Waals surface area contributed by atoms with Crippen LogP contribution in [0.15, 0.2) is 59.4 Å². The van der Waals surface area contributed by atoms with Crippen molar-refractivity contribution in [3.05, 3.63) is 77.8 Å². The fourth-order valence-electron chi connectivity index (χ4n) is 2.60. The highest BCUT2D eigenvalue weighted by Gasteiger charge is 2.15. The summed E-state index contributed by atoms with van der Waals surface area (Å²) in [5.74, 6) is 0.0538. The maximum atomic E-state index is 13.4. The molecule has 2 heterocycles. The van der Waals surface area contributed by atoms with Gasteiger partial charge in [0.1, 0.15) is 11.6 Å². The summed E-state index contributed by atoms with van der Waals surface area (Å²) in [6.45, 7) is 3.76. The van der Waals surface area contributed by atoms with E-state index in [1.807, 2.05) is 13.8 Å². The Hall–Kier alpha value is -3.15. The molecule has 25 heavy (non-hydrogen) atoms. The van der Waals surface area contributed by atoms with Crippen molar-refractivity contribution >= 4 is 12.0 Å². The van der Waals surface area contributed by atoms with E-state index in [0.717, 1.165) is 11.3 Å². The molecule has 0 radical (unpaired) electrons. The van der Waals surface area contributed by atoms with Crippen LogP contribution in [0.25, 0.3) is 11.8 Å². The molecule has 3 rings (SSSR count). The Kier molecular flexibility index (Phi) is 4.79. The third-order valence-corrected chi connectivity index (χ3v) is 3.87. The molecule has 0 spiro atoms. The van der Waals surface area contributed by atoms with Crippen LogP contribution in [0, 0.1) is 12.7 Å². The van der Waals surface area contributed by atoms with Crippen LogP contribution in [-0.2, 0) is 4.79 Å². The van der Waals surface area contributed by atoms with Gasteiger partial charge in [-0.1, -0.05) is 6.07 Å². The van der Waals surface area contributed by atoms with E-state index in [2.05, 4.69) is 10.4 Å². The Balaban J connectivity index is 1.72. The minimum Gasteiger partial charge on any atom is -0.465 e. The first-order chi connectivity index (χ1) is 12.0. The summed E-state index contributed by atoms with van der Waals surface area (Å²) < 4.78 is 20.2. The lowest BCUT2D eigenvalue weighted by atomic mass is 10.1. The smallest absolute Gasteiger partial charge is 0.244 e. The number of furan rings is 1. The fraction of sp³-hybridized carbons (Fsp3) is 0.158. The number of hydrogen-bond donors (Lipinski definition) is 1. The summed E-state index contributed by atoms with van der Waals surface area (Å²) in [6, 6.07) is 9.50. The molecule has 1 atom stereocenters. The van der Waals surface area contributed by atoms with E-state index >= 15 is 0 Å². The van der Waals surface area contributed by atoms with Crippen molar-refractivity contribution in [2.24, 2.45) is 0 Å². The summed E-state index contributed by atoms with van der Waals surface area (Å²) in [6.07, 6.45) is 6.25. The van der Waals surface area contributed by atoms with Gasteiger partial charge in [-0.05, 0) is 50.3 Å². The van der Waals surface area contributed by atoms with Gasteiger partial charge >= 0.3 is 0 Å². The first-order valence-electron chi connectivity index (χ1n) is 7.87. The second-order valence-electron chi connectivity index (χ2n) is 5.66. The number of carbonyl (C=O) groups is 1. The molecule has 0 aliphatic carbocycles. The number of hydrogen-bond acceptors (Lipinski definition) is 3. The summed E-state index contributed by atoms with van der Waals surface area (Å²) in [7, 11) is 0. The third-order valence-electron chi connectivity index (χ3n) is 3.87. The van der Waals surface area contributed by atoms with Crippen LogP contribution in [-0.4, -0.2) is 15.7 Å². The monoisotopic (exact) mass is 339 g/mol. The van der Waals surface area contributed by atoms with Gasteiger partial charge in [0, 0.05) is 17.3 Å². The zero-order chi connectivity index (χ0) is 17.8. The number of benzene rings is 1. The SMILES string of the molecule is Cc1c(C(C)NC(=O)/C=C/c2ccco2)cnn1-c1cccc(F)c1. The Morgan fingerprint density at radius 3 is 2.92 bits per heavy atom. The Morgan fingerprint density at radius 2 is 2.20 bits per heavy atom. The number of nitrogens with one attached hydrogen (secondary N) is 1. The minimum absolute atomic E-state index is 0.234. The normalized spacial score (nSPS) is 12.4. The van der Waals surface area contributed by atoms with Gasteiger partial charge < -0.3 is 9.73 Å². The fourth-order valence-corrected chi connectivity index (χ4v) is 2.60. The van der Waals surface area contributed by atoms with Gasteiger partial charge in [0.15, 0.2) is 0 Å². The maximum Gasteiger partial charge on any atom is 0.244 e. The Labute approximate surface area is 144 Å². The van der Waals surface area contributed by atoms with Gasteiger partial charge in [0.2, 0.25) is 5.91 Å². The average Bonchev–Trinajstić information content (AvgIpc) is 3.22. The molecule has 0 saturated heterocycles. The molecular formula is C19H18FN3O2. The number of amides is 1. The second kappa shape index (κ2) is 7.17. The van der Waals surface area contributed by atoms with E-state index in [1.54, 1.807) is 47.5 Å². The molecule has 0 fully saturated rings. The van der Waals surface area contributed by atoms with Gasteiger partial charge in [-0.3, -0.25) is 4.79 Å². The number of nitrogens with zero attached hydrogens (tertiary/aromatic N) is 2. The van der Waals surface area contributed by atoms with E-state index in [1.165, 1.54) is 18.2 Å². The second-order valence-corrected chi connectivity index (χ2v) is 5.66. The molecule has 0 saturated carbocycles. The molecular weight excluding hydrogens is 321 g/mol. The average molecular weight is 339 g/mol. The van der Waals surface area contributed by atoms with Crippen LogP contribution in [0.4, 0.5) is 4.39 Å². The van der Waals surface area contributed by atoms with Gasteiger partial charge in [0.05, 0.1) is 24.2 Å². The molecule has 0 bridgehead atoms. The van der Waals surface area contributed by atoms with Gasteiger partial charge in [-0.15, -0.1) is 0 Å². The third kappa shape index (κ3) is 3.85. The topological polar surface area (TPSA) is 60.1 Å². The van der Waals surface area contributed by atoms with Gasteiger partial charge in [-0.2, -0.15) is 5.10 Å². The lowest BCUT2D eigenvalue weighted by Crippen LogP contribution is -2.25. The molecule has 6 heteroatoms. The molecule has 1 amide bonds. The van der Waals surface area contributed by atoms with Crippen molar-refractivity contribution in [3.63, 3.8) is 0 Å². The first-order valence-corrected chi connectivity index (χ1v) is 7.87. The van der Waals surface area contributed by atoms with Crippen LogP contribution in [0.1, 0.15) is 30.0 Å². The highest BCUT2D eigenvalue weighted by Crippen LogP contribution is 2.20. The van der Waals surface area contributed by atoms with Crippen LogP contribution < -0.4 is 5.32 Å². The van der Waals surface area contributed by atoms with Crippen LogP contribution in [0.5, 0.6) is 0 Å². The van der Waals surface area contributed by atoms with E-state index in [-0.39, 0.29) is 17.8 Å². The molecule has 2 aromatic heterocycles. The molecule has 1 unspecified atom stereocenters. The number of halogens is 1. The zero-order valence-corrected chi connectivity index (χ0v) is 13.9. The van der Waals surface area contributed by atoms with Crippen LogP contribution >= 0.6 is 0 Å². The van der Waals surface area contributed by atoms with E-state index in [9.17, 15) is 9.18 Å². The molecule has 0 aliphatic heterocycles. The minimum atomic E-state index is -0.321. The van der Waals surface area contributed by atoms with Crippen molar-refractivity contribution in [2.75, 3.05) is 0 Å². The van der Waals surface area contributed by atoms with Gasteiger partial charge in [-0.25, -0.2) is 9.07 Å². The highest BCUT2D eigenvalue weighted by atomic mass is 19.1. The molecule has 128 valence electrons. The van der Waals surface area contributed by atoms with Crippen molar-refractivity contribution in [1.29, 1.82) is 0 Å². The van der Waals surface area contributed by atoms with Crippen molar-refractivity contribution < 1.29 is 13.6 Å². The molecule has 1 N–H and O–H groups in total. The quantitative estimate of drug-likeness (QED) is 0.719. The summed E-state index contributed by atoms with van der Waals surface area (Å²) in [5, 5.41) is 7.19. The number of carbonyl (C=O) groups excluding carboxylic acids is 1. The molecule has 5 nitrogen and oxygen atoms in total. The lowest BCUT2D eigenvalue weighted by molar-refractivity contribution is -0.117. The summed E-state index contributed by atoms with van der Waals surface area (Å²) >= 11 is 0. The van der Waals surface area contributed by atoms with Crippen LogP contribution in [0.3, 0.4) is 0 Å². The zero-order valence-electron chi connectivity index (χ0n) is 13.9. The van der Waals surface area contributed by atoms with E-state index in [0.29, 0.717) is 11.4 Å². The number of aromatic nitrogens is 2. The van der Waals surface area contributed by atoms with Crippen LogP contribution in [0.2, 0.25) is 0 Å².